The van der Waals surface area contributed by atoms with Gasteiger partial charge in [0, 0.05) is 5.69 Å². The summed E-state index contributed by atoms with van der Waals surface area (Å²) in [6.45, 7) is 4.24. The zero-order chi connectivity index (χ0) is 14.5. The molecule has 1 aromatic carbocycles. The minimum atomic E-state index is -0.307. The summed E-state index contributed by atoms with van der Waals surface area (Å²) in [4.78, 5) is 19.9. The Morgan fingerprint density at radius 1 is 1.15 bits per heavy atom. The summed E-state index contributed by atoms with van der Waals surface area (Å²) in [5.41, 5.74) is 4.54. The van der Waals surface area contributed by atoms with Crippen molar-refractivity contribution in [2.24, 2.45) is 5.84 Å². The monoisotopic (exact) mass is 271 g/mol. The molecule has 0 aliphatic carbocycles. The van der Waals surface area contributed by atoms with Gasteiger partial charge in [0.25, 0.3) is 5.91 Å². The standard InChI is InChI=1S/C14H17N5O/c1-9(2)10-3-5-11(6-4-10)18-14(20)12-7-17-13(19-15)8-16-12/h3-9H,15H2,1-2H3,(H,17,19)(H,18,20). The first kappa shape index (κ1) is 14.0. The van der Waals surface area contributed by atoms with Crippen LogP contribution in [0, 0.1) is 0 Å². The van der Waals surface area contributed by atoms with E-state index in [2.05, 4.69) is 34.6 Å². The van der Waals surface area contributed by atoms with Crippen LogP contribution in [0.2, 0.25) is 0 Å². The molecule has 0 aliphatic rings. The Bertz CT molecular complexity index is 578. The number of anilines is 2. The molecule has 6 nitrogen and oxygen atoms in total. The number of hydrogen-bond donors (Lipinski definition) is 3. The van der Waals surface area contributed by atoms with E-state index in [0.29, 0.717) is 11.7 Å². The first-order valence-corrected chi connectivity index (χ1v) is 6.30. The van der Waals surface area contributed by atoms with Gasteiger partial charge in [-0.05, 0) is 23.6 Å². The van der Waals surface area contributed by atoms with Gasteiger partial charge in [0.1, 0.15) is 5.69 Å². The van der Waals surface area contributed by atoms with Gasteiger partial charge in [-0.2, -0.15) is 0 Å². The van der Waals surface area contributed by atoms with Crippen molar-refractivity contribution in [2.75, 3.05) is 10.7 Å². The van der Waals surface area contributed by atoms with Crippen LogP contribution >= 0.6 is 0 Å². The summed E-state index contributed by atoms with van der Waals surface area (Å²) in [6, 6.07) is 7.73. The fraction of sp³-hybridized carbons (Fsp3) is 0.214. The first-order chi connectivity index (χ1) is 9.60. The Kier molecular flexibility index (Phi) is 4.27. The lowest BCUT2D eigenvalue weighted by atomic mass is 10.0. The van der Waals surface area contributed by atoms with Crippen molar-refractivity contribution < 1.29 is 4.79 Å². The van der Waals surface area contributed by atoms with Gasteiger partial charge in [-0.1, -0.05) is 26.0 Å². The lowest BCUT2D eigenvalue weighted by molar-refractivity contribution is 0.102. The highest BCUT2D eigenvalue weighted by atomic mass is 16.1. The normalized spacial score (nSPS) is 10.4. The number of carbonyl (C=O) groups is 1. The highest BCUT2D eigenvalue weighted by molar-refractivity contribution is 6.02. The minimum Gasteiger partial charge on any atom is -0.321 e. The molecule has 20 heavy (non-hydrogen) atoms. The number of nitrogen functional groups attached to an aromatic ring is 1. The Hall–Kier alpha value is -2.47. The maximum absolute atomic E-state index is 12.0. The second kappa shape index (κ2) is 6.12. The van der Waals surface area contributed by atoms with Gasteiger partial charge in [0.2, 0.25) is 0 Å². The number of hydrazine groups is 1. The molecule has 1 amide bonds. The van der Waals surface area contributed by atoms with E-state index in [1.54, 1.807) is 0 Å². The van der Waals surface area contributed by atoms with Crippen molar-refractivity contribution in [3.63, 3.8) is 0 Å². The van der Waals surface area contributed by atoms with Crippen LogP contribution in [0.3, 0.4) is 0 Å². The fourth-order valence-electron chi connectivity index (χ4n) is 1.67. The quantitative estimate of drug-likeness (QED) is 0.585. The SMILES string of the molecule is CC(C)c1ccc(NC(=O)c2cnc(NN)cn2)cc1. The molecule has 0 unspecified atom stereocenters. The van der Waals surface area contributed by atoms with Crippen molar-refractivity contribution in [3.05, 3.63) is 47.9 Å². The summed E-state index contributed by atoms with van der Waals surface area (Å²) in [5.74, 6) is 5.74. The highest BCUT2D eigenvalue weighted by Gasteiger charge is 2.08. The third kappa shape index (κ3) is 3.30. The number of nitrogens with two attached hydrogens (primary N) is 1. The second-order valence-electron chi connectivity index (χ2n) is 4.66. The Labute approximate surface area is 117 Å². The van der Waals surface area contributed by atoms with Gasteiger partial charge < -0.3 is 10.7 Å². The lowest BCUT2D eigenvalue weighted by Crippen LogP contribution is -2.15. The maximum Gasteiger partial charge on any atom is 0.275 e. The number of nitrogens with one attached hydrogen (secondary N) is 2. The van der Waals surface area contributed by atoms with Gasteiger partial charge in [0.05, 0.1) is 12.4 Å². The molecule has 2 rings (SSSR count). The lowest BCUT2D eigenvalue weighted by Gasteiger charge is -2.08. The largest absolute Gasteiger partial charge is 0.321 e. The zero-order valence-electron chi connectivity index (χ0n) is 11.4. The van der Waals surface area contributed by atoms with Gasteiger partial charge >= 0.3 is 0 Å². The number of benzene rings is 1. The zero-order valence-corrected chi connectivity index (χ0v) is 11.4. The van der Waals surface area contributed by atoms with Crippen LogP contribution in [0.25, 0.3) is 0 Å². The van der Waals surface area contributed by atoms with Gasteiger partial charge in [-0.15, -0.1) is 0 Å². The minimum absolute atomic E-state index is 0.233. The molecule has 2 aromatic rings. The number of amides is 1. The Morgan fingerprint density at radius 2 is 1.85 bits per heavy atom. The molecule has 0 aliphatic heterocycles. The molecule has 1 aromatic heterocycles. The van der Waals surface area contributed by atoms with E-state index in [9.17, 15) is 4.79 Å². The highest BCUT2D eigenvalue weighted by Crippen LogP contribution is 2.17. The molecule has 6 heteroatoms. The van der Waals surface area contributed by atoms with Crippen LogP contribution in [0.15, 0.2) is 36.7 Å². The molecule has 0 bridgehead atoms. The number of aromatic nitrogens is 2. The Balaban J connectivity index is 2.06. The molecule has 0 fully saturated rings. The van der Waals surface area contributed by atoms with Crippen LogP contribution < -0.4 is 16.6 Å². The molecule has 0 saturated heterocycles. The van der Waals surface area contributed by atoms with E-state index in [0.717, 1.165) is 5.69 Å². The third-order valence-corrected chi connectivity index (χ3v) is 2.87. The molecule has 0 radical (unpaired) electrons. The van der Waals surface area contributed by atoms with Crippen molar-refractivity contribution in [2.45, 2.75) is 19.8 Å². The predicted octanol–water partition coefficient (Wildman–Crippen LogP) is 2.14. The van der Waals surface area contributed by atoms with Crippen LogP contribution in [0.1, 0.15) is 35.8 Å². The second-order valence-corrected chi connectivity index (χ2v) is 4.66. The Morgan fingerprint density at radius 3 is 2.35 bits per heavy atom. The van der Waals surface area contributed by atoms with Crippen LogP contribution in [0.5, 0.6) is 0 Å². The molecular weight excluding hydrogens is 254 g/mol. The number of carbonyl (C=O) groups excluding carboxylic acids is 1. The van der Waals surface area contributed by atoms with Crippen LogP contribution in [-0.4, -0.2) is 15.9 Å². The molecule has 4 N–H and O–H groups in total. The smallest absolute Gasteiger partial charge is 0.275 e. The topological polar surface area (TPSA) is 92.9 Å². The van der Waals surface area contributed by atoms with E-state index in [4.69, 9.17) is 5.84 Å². The maximum atomic E-state index is 12.0. The molecule has 104 valence electrons. The van der Waals surface area contributed by atoms with Gasteiger partial charge in [-0.25, -0.2) is 15.8 Å². The van der Waals surface area contributed by atoms with Gasteiger partial charge in [-0.3, -0.25) is 4.79 Å². The molecule has 0 spiro atoms. The predicted molar refractivity (Wildman–Crippen MR) is 78.3 cm³/mol. The van der Waals surface area contributed by atoms with E-state index in [1.807, 2.05) is 24.3 Å². The summed E-state index contributed by atoms with van der Waals surface area (Å²) < 4.78 is 0. The van der Waals surface area contributed by atoms with Crippen molar-refractivity contribution >= 4 is 17.4 Å². The molecule has 1 heterocycles. The molecular formula is C14H17N5O. The average molecular weight is 271 g/mol. The summed E-state index contributed by atoms with van der Waals surface area (Å²) in [6.07, 6.45) is 2.77. The van der Waals surface area contributed by atoms with E-state index in [-0.39, 0.29) is 11.6 Å². The van der Waals surface area contributed by atoms with Crippen molar-refractivity contribution in [3.8, 4) is 0 Å². The third-order valence-electron chi connectivity index (χ3n) is 2.87. The van der Waals surface area contributed by atoms with Crippen molar-refractivity contribution in [1.29, 1.82) is 0 Å². The van der Waals surface area contributed by atoms with Crippen LogP contribution in [0.4, 0.5) is 11.5 Å². The molecule has 0 atom stereocenters. The summed E-state index contributed by atoms with van der Waals surface area (Å²) in [5, 5.41) is 2.77. The summed E-state index contributed by atoms with van der Waals surface area (Å²) >= 11 is 0. The first-order valence-electron chi connectivity index (χ1n) is 6.30. The van der Waals surface area contributed by atoms with E-state index >= 15 is 0 Å². The average Bonchev–Trinajstić information content (AvgIpc) is 2.48. The van der Waals surface area contributed by atoms with Crippen molar-refractivity contribution in [1.82, 2.24) is 9.97 Å². The fourth-order valence-corrected chi connectivity index (χ4v) is 1.67. The number of hydrogen-bond acceptors (Lipinski definition) is 5. The number of rotatable bonds is 4. The molecule has 0 saturated carbocycles. The van der Waals surface area contributed by atoms with E-state index < -0.39 is 0 Å². The van der Waals surface area contributed by atoms with E-state index in [1.165, 1.54) is 18.0 Å². The van der Waals surface area contributed by atoms with Crippen LogP contribution in [-0.2, 0) is 0 Å². The van der Waals surface area contributed by atoms with Gasteiger partial charge in [0.15, 0.2) is 5.82 Å². The number of nitrogens with zero attached hydrogens (tertiary/aromatic N) is 2. The summed E-state index contributed by atoms with van der Waals surface area (Å²) in [7, 11) is 0.